The molecular weight excluding hydrogens is 260 g/mol. The zero-order chi connectivity index (χ0) is 13.5. The van der Waals surface area contributed by atoms with Crippen LogP contribution in [0.5, 0.6) is 0 Å². The lowest BCUT2D eigenvalue weighted by Crippen LogP contribution is -2.33. The van der Waals surface area contributed by atoms with Gasteiger partial charge < -0.3 is 15.4 Å². The fourth-order valence-corrected chi connectivity index (χ4v) is 2.44. The Morgan fingerprint density at radius 3 is 2.84 bits per heavy atom. The van der Waals surface area contributed by atoms with E-state index in [1.165, 1.54) is 4.90 Å². The van der Waals surface area contributed by atoms with E-state index in [2.05, 4.69) is 10.6 Å². The van der Waals surface area contributed by atoms with Gasteiger partial charge in [0.15, 0.2) is 0 Å². The number of anilines is 1. The minimum absolute atomic E-state index is 0.0186. The molecule has 1 aromatic rings. The molecule has 1 amide bonds. The van der Waals surface area contributed by atoms with Gasteiger partial charge in [0.25, 0.3) is 0 Å². The molecule has 0 radical (unpaired) electrons. The molecule has 0 spiro atoms. The number of hydrogen-bond acceptors (Lipinski definition) is 4. The van der Waals surface area contributed by atoms with Crippen LogP contribution in [0.15, 0.2) is 29.2 Å². The molecule has 1 fully saturated rings. The zero-order valence-electron chi connectivity index (χ0n) is 11.1. The molecule has 2 N–H and O–H groups in total. The Morgan fingerprint density at radius 2 is 2.21 bits per heavy atom. The zero-order valence-corrected chi connectivity index (χ0v) is 12.0. The standard InChI is InChI=1S/C14H20N2O2S/c1-19-13-6-4-11(5-7-13)16-14(17)10-15-9-12-3-2-8-18-12/h4-7,12,15H,2-3,8-10H2,1H3,(H,16,17). The molecule has 0 aromatic heterocycles. The van der Waals surface area contributed by atoms with Crippen LogP contribution in [0.4, 0.5) is 5.69 Å². The quantitative estimate of drug-likeness (QED) is 0.784. The Hall–Kier alpha value is -1.04. The molecule has 19 heavy (non-hydrogen) atoms. The lowest BCUT2D eigenvalue weighted by atomic mass is 10.2. The van der Waals surface area contributed by atoms with Crippen molar-refractivity contribution < 1.29 is 9.53 Å². The van der Waals surface area contributed by atoms with Crippen molar-refractivity contribution in [2.24, 2.45) is 0 Å². The maximum atomic E-state index is 11.7. The van der Waals surface area contributed by atoms with Crippen LogP contribution in [-0.4, -0.2) is 38.0 Å². The van der Waals surface area contributed by atoms with Crippen molar-refractivity contribution >= 4 is 23.4 Å². The highest BCUT2D eigenvalue weighted by Gasteiger charge is 2.15. The van der Waals surface area contributed by atoms with E-state index in [0.717, 1.165) is 31.7 Å². The van der Waals surface area contributed by atoms with Crippen molar-refractivity contribution in [3.05, 3.63) is 24.3 Å². The third-order valence-electron chi connectivity index (χ3n) is 3.06. The van der Waals surface area contributed by atoms with E-state index in [-0.39, 0.29) is 12.0 Å². The highest BCUT2D eigenvalue weighted by Crippen LogP contribution is 2.17. The highest BCUT2D eigenvalue weighted by molar-refractivity contribution is 7.98. The maximum Gasteiger partial charge on any atom is 0.238 e. The van der Waals surface area contributed by atoms with Gasteiger partial charge in [0.1, 0.15) is 0 Å². The molecule has 5 heteroatoms. The molecule has 1 atom stereocenters. The number of benzene rings is 1. The molecule has 1 aromatic carbocycles. The summed E-state index contributed by atoms with van der Waals surface area (Å²) in [5, 5.41) is 6.00. The minimum Gasteiger partial charge on any atom is -0.377 e. The fraction of sp³-hybridized carbons (Fsp3) is 0.500. The lowest BCUT2D eigenvalue weighted by Gasteiger charge is -2.11. The predicted molar refractivity (Wildman–Crippen MR) is 78.7 cm³/mol. The average Bonchev–Trinajstić information content (AvgIpc) is 2.93. The average molecular weight is 280 g/mol. The summed E-state index contributed by atoms with van der Waals surface area (Å²) in [6.45, 7) is 1.92. The Bertz CT molecular complexity index is 402. The number of carbonyl (C=O) groups is 1. The summed E-state index contributed by atoms with van der Waals surface area (Å²) in [6.07, 6.45) is 4.52. The third-order valence-corrected chi connectivity index (χ3v) is 3.80. The molecular formula is C14H20N2O2S. The van der Waals surface area contributed by atoms with E-state index in [0.29, 0.717) is 6.54 Å². The third kappa shape index (κ3) is 4.86. The second-order valence-electron chi connectivity index (χ2n) is 4.54. The maximum absolute atomic E-state index is 11.7. The Labute approximate surface area is 118 Å². The van der Waals surface area contributed by atoms with E-state index in [1.54, 1.807) is 11.8 Å². The SMILES string of the molecule is CSc1ccc(NC(=O)CNCC2CCCO2)cc1. The van der Waals surface area contributed by atoms with Gasteiger partial charge in [0.2, 0.25) is 5.91 Å². The molecule has 1 aliphatic heterocycles. The second kappa shape index (κ2) is 7.53. The number of nitrogens with one attached hydrogen (secondary N) is 2. The molecule has 0 bridgehead atoms. The largest absolute Gasteiger partial charge is 0.377 e. The summed E-state index contributed by atoms with van der Waals surface area (Å²) in [5.41, 5.74) is 0.835. The highest BCUT2D eigenvalue weighted by atomic mass is 32.2. The van der Waals surface area contributed by atoms with Crippen LogP contribution in [0, 0.1) is 0 Å². The van der Waals surface area contributed by atoms with Gasteiger partial charge in [0.05, 0.1) is 12.6 Å². The summed E-state index contributed by atoms with van der Waals surface area (Å²) in [4.78, 5) is 12.9. The number of rotatable bonds is 6. The van der Waals surface area contributed by atoms with Crippen LogP contribution in [-0.2, 0) is 9.53 Å². The molecule has 2 rings (SSSR count). The van der Waals surface area contributed by atoms with Gasteiger partial charge in [-0.1, -0.05) is 0 Å². The van der Waals surface area contributed by atoms with Crippen molar-refractivity contribution in [1.29, 1.82) is 0 Å². The smallest absolute Gasteiger partial charge is 0.238 e. The number of ether oxygens (including phenoxy) is 1. The van der Waals surface area contributed by atoms with E-state index in [9.17, 15) is 4.79 Å². The van der Waals surface area contributed by atoms with Crippen LogP contribution in [0.2, 0.25) is 0 Å². The Morgan fingerprint density at radius 1 is 1.42 bits per heavy atom. The number of amides is 1. The van der Waals surface area contributed by atoms with E-state index >= 15 is 0 Å². The first-order valence-corrected chi connectivity index (χ1v) is 7.76. The molecule has 1 heterocycles. The molecule has 104 valence electrons. The molecule has 0 saturated carbocycles. The fourth-order valence-electron chi connectivity index (χ4n) is 2.03. The Kier molecular flexibility index (Phi) is 5.69. The predicted octanol–water partition coefficient (Wildman–Crippen LogP) is 2.12. The first-order valence-electron chi connectivity index (χ1n) is 6.54. The van der Waals surface area contributed by atoms with Crippen LogP contribution < -0.4 is 10.6 Å². The van der Waals surface area contributed by atoms with Crippen molar-refractivity contribution in [1.82, 2.24) is 5.32 Å². The van der Waals surface area contributed by atoms with Gasteiger partial charge in [-0.05, 0) is 43.4 Å². The van der Waals surface area contributed by atoms with Gasteiger partial charge in [-0.2, -0.15) is 0 Å². The van der Waals surface area contributed by atoms with Crippen LogP contribution >= 0.6 is 11.8 Å². The topological polar surface area (TPSA) is 50.4 Å². The molecule has 1 unspecified atom stereocenters. The van der Waals surface area contributed by atoms with Gasteiger partial charge in [-0.25, -0.2) is 0 Å². The van der Waals surface area contributed by atoms with Crippen LogP contribution in [0.1, 0.15) is 12.8 Å². The van der Waals surface area contributed by atoms with Crippen molar-refractivity contribution in [2.75, 3.05) is 31.3 Å². The van der Waals surface area contributed by atoms with E-state index in [1.807, 2.05) is 30.5 Å². The van der Waals surface area contributed by atoms with Crippen LogP contribution in [0.3, 0.4) is 0 Å². The first kappa shape index (κ1) is 14.4. The van der Waals surface area contributed by atoms with Gasteiger partial charge >= 0.3 is 0 Å². The molecule has 0 aliphatic carbocycles. The van der Waals surface area contributed by atoms with Crippen LogP contribution in [0.25, 0.3) is 0 Å². The normalized spacial score (nSPS) is 18.5. The Balaban J connectivity index is 1.68. The van der Waals surface area contributed by atoms with Crippen molar-refractivity contribution in [2.45, 2.75) is 23.8 Å². The monoisotopic (exact) mass is 280 g/mol. The van der Waals surface area contributed by atoms with E-state index < -0.39 is 0 Å². The summed E-state index contributed by atoms with van der Waals surface area (Å²) >= 11 is 1.69. The summed E-state index contributed by atoms with van der Waals surface area (Å²) in [7, 11) is 0. The number of carbonyl (C=O) groups excluding carboxylic acids is 1. The first-order chi connectivity index (χ1) is 9.28. The van der Waals surface area contributed by atoms with Gasteiger partial charge in [-0.3, -0.25) is 4.79 Å². The van der Waals surface area contributed by atoms with Crippen molar-refractivity contribution in [3.63, 3.8) is 0 Å². The van der Waals surface area contributed by atoms with E-state index in [4.69, 9.17) is 4.74 Å². The number of thioether (sulfide) groups is 1. The van der Waals surface area contributed by atoms with Gasteiger partial charge in [-0.15, -0.1) is 11.8 Å². The number of hydrogen-bond donors (Lipinski definition) is 2. The van der Waals surface area contributed by atoms with Gasteiger partial charge in [0, 0.05) is 23.7 Å². The molecule has 4 nitrogen and oxygen atoms in total. The summed E-state index contributed by atoms with van der Waals surface area (Å²) in [5.74, 6) is -0.0186. The minimum atomic E-state index is -0.0186. The molecule has 1 aliphatic rings. The van der Waals surface area contributed by atoms with Crippen molar-refractivity contribution in [3.8, 4) is 0 Å². The second-order valence-corrected chi connectivity index (χ2v) is 5.42. The molecule has 1 saturated heterocycles. The summed E-state index contributed by atoms with van der Waals surface area (Å²) < 4.78 is 5.48. The lowest BCUT2D eigenvalue weighted by molar-refractivity contribution is -0.115. The summed E-state index contributed by atoms with van der Waals surface area (Å²) in [6, 6.07) is 7.84.